The van der Waals surface area contributed by atoms with Crippen molar-refractivity contribution in [2.24, 2.45) is 0 Å². The molecule has 7 heteroatoms. The minimum atomic E-state index is -3.18. The van der Waals surface area contributed by atoms with E-state index in [2.05, 4.69) is 10.6 Å². The molecular weight excluding hydrogens is 290 g/mol. The number of nitrogens with zero attached hydrogens (tertiary/aromatic N) is 1. The van der Waals surface area contributed by atoms with Gasteiger partial charge in [-0.15, -0.1) is 0 Å². The summed E-state index contributed by atoms with van der Waals surface area (Å²) in [5.41, 5.74) is 0. The number of sulfonamides is 1. The Kier molecular flexibility index (Phi) is 6.44. The third kappa shape index (κ3) is 5.56. The molecule has 0 atom stereocenters. The van der Waals surface area contributed by atoms with Crippen LogP contribution < -0.4 is 10.6 Å². The van der Waals surface area contributed by atoms with Crippen LogP contribution in [0.3, 0.4) is 0 Å². The molecule has 122 valence electrons. The largest absolute Gasteiger partial charge is 0.354 e. The van der Waals surface area contributed by atoms with Crippen LogP contribution in [0.25, 0.3) is 0 Å². The molecule has 0 unspecified atom stereocenters. The van der Waals surface area contributed by atoms with Gasteiger partial charge in [0.1, 0.15) is 0 Å². The Labute approximate surface area is 127 Å². The highest BCUT2D eigenvalue weighted by molar-refractivity contribution is 7.89. The van der Waals surface area contributed by atoms with Gasteiger partial charge in [0.05, 0.1) is 12.3 Å². The maximum Gasteiger partial charge on any atom is 0.235 e. The van der Waals surface area contributed by atoms with Crippen molar-refractivity contribution in [2.75, 3.05) is 31.9 Å². The zero-order valence-electron chi connectivity index (χ0n) is 12.6. The molecule has 1 aliphatic carbocycles. The Hall–Kier alpha value is -0.660. The first-order valence-corrected chi connectivity index (χ1v) is 9.67. The van der Waals surface area contributed by atoms with Crippen molar-refractivity contribution < 1.29 is 13.2 Å². The lowest BCUT2D eigenvalue weighted by atomic mass is 10.1. The minimum absolute atomic E-state index is 0.0360. The molecule has 2 rings (SSSR count). The van der Waals surface area contributed by atoms with Crippen molar-refractivity contribution in [3.8, 4) is 0 Å². The lowest BCUT2D eigenvalue weighted by Crippen LogP contribution is -2.41. The minimum Gasteiger partial charge on any atom is -0.354 e. The second kappa shape index (κ2) is 8.10. The molecule has 0 aromatic rings. The monoisotopic (exact) mass is 317 g/mol. The van der Waals surface area contributed by atoms with E-state index in [4.69, 9.17) is 0 Å². The molecule has 1 heterocycles. The first-order chi connectivity index (χ1) is 10.1. The number of rotatable bonds is 6. The van der Waals surface area contributed by atoms with E-state index in [1.807, 2.05) is 0 Å². The number of hydrogen-bond donors (Lipinski definition) is 2. The number of nitrogens with one attached hydrogen (secondary N) is 2. The zero-order valence-corrected chi connectivity index (χ0v) is 13.5. The average molecular weight is 317 g/mol. The van der Waals surface area contributed by atoms with Crippen LogP contribution in [-0.4, -0.2) is 56.6 Å². The lowest BCUT2D eigenvalue weighted by Gasteiger charge is -2.17. The van der Waals surface area contributed by atoms with Gasteiger partial charge in [0.25, 0.3) is 0 Å². The molecule has 6 nitrogen and oxygen atoms in total. The fraction of sp³-hybridized carbons (Fsp3) is 0.929. The first kappa shape index (κ1) is 16.7. The average Bonchev–Trinajstić information content (AvgIpc) is 2.67. The van der Waals surface area contributed by atoms with Crippen LogP contribution >= 0.6 is 0 Å². The van der Waals surface area contributed by atoms with Crippen LogP contribution in [0, 0.1) is 0 Å². The normalized spacial score (nSPS) is 23.8. The molecule has 1 aliphatic heterocycles. The Bertz CT molecular complexity index is 431. The van der Waals surface area contributed by atoms with E-state index in [-0.39, 0.29) is 18.2 Å². The van der Waals surface area contributed by atoms with Gasteiger partial charge in [-0.05, 0) is 19.3 Å². The molecule has 0 spiro atoms. The van der Waals surface area contributed by atoms with Gasteiger partial charge in [0.15, 0.2) is 0 Å². The van der Waals surface area contributed by atoms with E-state index in [9.17, 15) is 13.2 Å². The van der Waals surface area contributed by atoms with Gasteiger partial charge in [0, 0.05) is 25.7 Å². The van der Waals surface area contributed by atoms with Crippen LogP contribution in [0.4, 0.5) is 0 Å². The molecular formula is C14H27N3O3S. The molecule has 2 fully saturated rings. The smallest absolute Gasteiger partial charge is 0.235 e. The molecule has 1 amide bonds. The Balaban J connectivity index is 1.59. The van der Waals surface area contributed by atoms with E-state index in [1.165, 1.54) is 42.8 Å². The standard InChI is InChI=1S/C14H27N3O3S/c18-14(12-17-10-5-11-21(17,19)20)16-9-8-15-13-6-3-1-2-4-7-13/h13,15H,1-12H2,(H,16,18). The SMILES string of the molecule is O=C(CN1CCCS1(=O)=O)NCCNC1CCCCCC1. The first-order valence-electron chi connectivity index (χ1n) is 8.06. The number of carbonyl (C=O) groups excluding carboxylic acids is 1. The molecule has 1 saturated carbocycles. The van der Waals surface area contributed by atoms with E-state index in [1.54, 1.807) is 0 Å². The van der Waals surface area contributed by atoms with Crippen molar-refractivity contribution in [3.63, 3.8) is 0 Å². The maximum absolute atomic E-state index is 11.7. The fourth-order valence-corrected chi connectivity index (χ4v) is 4.52. The molecule has 1 saturated heterocycles. The lowest BCUT2D eigenvalue weighted by molar-refractivity contribution is -0.121. The molecule has 2 aliphatic rings. The van der Waals surface area contributed by atoms with Crippen molar-refractivity contribution in [1.29, 1.82) is 0 Å². The second-order valence-electron chi connectivity index (χ2n) is 6.00. The van der Waals surface area contributed by atoms with Gasteiger partial charge in [0.2, 0.25) is 15.9 Å². The summed E-state index contributed by atoms with van der Waals surface area (Å²) in [4.78, 5) is 11.7. The van der Waals surface area contributed by atoms with Crippen LogP contribution in [0.1, 0.15) is 44.9 Å². The third-order valence-corrected chi connectivity index (χ3v) is 6.16. The molecule has 0 radical (unpaired) electrons. The van der Waals surface area contributed by atoms with E-state index in [0.717, 1.165) is 6.54 Å². The van der Waals surface area contributed by atoms with Gasteiger partial charge in [-0.25, -0.2) is 8.42 Å². The number of amides is 1. The molecule has 0 bridgehead atoms. The highest BCUT2D eigenvalue weighted by atomic mass is 32.2. The summed E-state index contributed by atoms with van der Waals surface area (Å²) in [7, 11) is -3.18. The molecule has 2 N–H and O–H groups in total. The van der Waals surface area contributed by atoms with Crippen molar-refractivity contribution in [2.45, 2.75) is 51.0 Å². The summed E-state index contributed by atoms with van der Waals surface area (Å²) in [5, 5.41) is 6.28. The van der Waals surface area contributed by atoms with Crippen molar-refractivity contribution >= 4 is 15.9 Å². The van der Waals surface area contributed by atoms with E-state index in [0.29, 0.717) is 25.6 Å². The van der Waals surface area contributed by atoms with Crippen LogP contribution in [0.2, 0.25) is 0 Å². The summed E-state index contributed by atoms with van der Waals surface area (Å²) in [5.74, 6) is -0.0353. The zero-order chi connectivity index (χ0) is 15.1. The topological polar surface area (TPSA) is 78.5 Å². The maximum atomic E-state index is 11.7. The molecule has 0 aromatic carbocycles. The summed E-state index contributed by atoms with van der Waals surface area (Å²) in [6.07, 6.45) is 8.31. The van der Waals surface area contributed by atoms with E-state index < -0.39 is 10.0 Å². The van der Waals surface area contributed by atoms with Crippen LogP contribution in [0.15, 0.2) is 0 Å². The second-order valence-corrected chi connectivity index (χ2v) is 8.08. The Morgan fingerprint density at radius 2 is 1.76 bits per heavy atom. The van der Waals surface area contributed by atoms with Gasteiger partial charge < -0.3 is 10.6 Å². The molecule has 0 aromatic heterocycles. The van der Waals surface area contributed by atoms with Crippen LogP contribution in [0.5, 0.6) is 0 Å². The fourth-order valence-electron chi connectivity index (χ4n) is 3.05. The van der Waals surface area contributed by atoms with Gasteiger partial charge >= 0.3 is 0 Å². The summed E-state index contributed by atoms with van der Waals surface area (Å²) in [6.45, 7) is 1.74. The molecule has 21 heavy (non-hydrogen) atoms. The van der Waals surface area contributed by atoms with Crippen LogP contribution in [-0.2, 0) is 14.8 Å². The summed E-state index contributed by atoms with van der Waals surface area (Å²) in [6, 6.07) is 0.573. The quantitative estimate of drug-likeness (QED) is 0.551. The number of carbonyl (C=O) groups is 1. The van der Waals surface area contributed by atoms with Crippen molar-refractivity contribution in [1.82, 2.24) is 14.9 Å². The van der Waals surface area contributed by atoms with E-state index >= 15 is 0 Å². The third-order valence-electron chi connectivity index (χ3n) is 4.26. The summed E-state index contributed by atoms with van der Waals surface area (Å²) >= 11 is 0. The Morgan fingerprint density at radius 3 is 2.38 bits per heavy atom. The highest BCUT2D eigenvalue weighted by Gasteiger charge is 2.29. The Morgan fingerprint density at radius 1 is 1.05 bits per heavy atom. The van der Waals surface area contributed by atoms with Gasteiger partial charge in [-0.2, -0.15) is 4.31 Å². The number of hydrogen-bond acceptors (Lipinski definition) is 4. The highest BCUT2D eigenvalue weighted by Crippen LogP contribution is 2.16. The van der Waals surface area contributed by atoms with Gasteiger partial charge in [-0.3, -0.25) is 4.79 Å². The van der Waals surface area contributed by atoms with Gasteiger partial charge in [-0.1, -0.05) is 25.7 Å². The predicted octanol–water partition coefficient (Wildman–Crippen LogP) is 0.451. The summed E-state index contributed by atoms with van der Waals surface area (Å²) < 4.78 is 24.5. The predicted molar refractivity (Wildman–Crippen MR) is 82.5 cm³/mol. The van der Waals surface area contributed by atoms with Crippen molar-refractivity contribution in [3.05, 3.63) is 0 Å².